The van der Waals surface area contributed by atoms with Crippen LogP contribution in [0.4, 0.5) is 5.82 Å². The van der Waals surface area contributed by atoms with Gasteiger partial charge in [0.1, 0.15) is 17.2 Å². The van der Waals surface area contributed by atoms with E-state index < -0.39 is 0 Å². The molecule has 70 valence electrons. The van der Waals surface area contributed by atoms with Crippen molar-refractivity contribution in [1.82, 2.24) is 9.97 Å². The van der Waals surface area contributed by atoms with Crippen molar-refractivity contribution in [2.24, 2.45) is 5.92 Å². The largest absolute Gasteiger partial charge is 0.366 e. The first-order valence-electron chi connectivity index (χ1n) is 4.49. The Balaban J connectivity index is 2.03. The zero-order valence-corrected chi connectivity index (χ0v) is 8.25. The number of rotatable bonds is 3. The molecule has 4 heteroatoms. The maximum absolute atomic E-state index is 5.91. The minimum Gasteiger partial charge on any atom is -0.366 e. The van der Waals surface area contributed by atoms with Crippen LogP contribution in [0, 0.1) is 5.92 Å². The first-order valence-corrected chi connectivity index (χ1v) is 4.87. The molecule has 1 aliphatic carbocycles. The van der Waals surface area contributed by atoms with E-state index in [1.807, 2.05) is 0 Å². The van der Waals surface area contributed by atoms with Gasteiger partial charge >= 0.3 is 0 Å². The fourth-order valence-corrected chi connectivity index (χ4v) is 1.51. The Kier molecular flexibility index (Phi) is 2.36. The van der Waals surface area contributed by atoms with Crippen LogP contribution in [0.1, 0.15) is 19.8 Å². The van der Waals surface area contributed by atoms with Crippen LogP contribution in [-0.4, -0.2) is 16.0 Å². The van der Waals surface area contributed by atoms with Crippen LogP contribution < -0.4 is 5.32 Å². The molecular formula is C9H12ClN3. The summed E-state index contributed by atoms with van der Waals surface area (Å²) in [5.41, 5.74) is 0. The van der Waals surface area contributed by atoms with E-state index in [1.165, 1.54) is 19.2 Å². The molecule has 3 nitrogen and oxygen atoms in total. The standard InChI is InChI=1S/C9H12ClN3/c1-6(7-2-3-7)13-9-8(10)4-11-5-12-9/h4-7H,2-3H2,1H3,(H,11,12,13). The van der Waals surface area contributed by atoms with E-state index in [4.69, 9.17) is 11.6 Å². The van der Waals surface area contributed by atoms with Gasteiger partial charge in [-0.2, -0.15) is 0 Å². The van der Waals surface area contributed by atoms with Crippen molar-refractivity contribution in [1.29, 1.82) is 0 Å². The molecule has 0 amide bonds. The number of nitrogens with one attached hydrogen (secondary N) is 1. The van der Waals surface area contributed by atoms with Gasteiger partial charge < -0.3 is 5.32 Å². The fraction of sp³-hybridized carbons (Fsp3) is 0.556. The van der Waals surface area contributed by atoms with Gasteiger partial charge in [-0.25, -0.2) is 9.97 Å². The topological polar surface area (TPSA) is 37.8 Å². The predicted octanol–water partition coefficient (Wildman–Crippen LogP) is 2.34. The predicted molar refractivity (Wildman–Crippen MR) is 52.9 cm³/mol. The average molecular weight is 198 g/mol. The summed E-state index contributed by atoms with van der Waals surface area (Å²) < 4.78 is 0. The highest BCUT2D eigenvalue weighted by Gasteiger charge is 2.28. The number of nitrogens with zero attached hydrogens (tertiary/aromatic N) is 2. The van der Waals surface area contributed by atoms with E-state index in [1.54, 1.807) is 6.20 Å². The Hall–Kier alpha value is -0.830. The molecule has 1 N–H and O–H groups in total. The highest BCUT2D eigenvalue weighted by molar-refractivity contribution is 6.32. The van der Waals surface area contributed by atoms with Crippen LogP contribution in [0.3, 0.4) is 0 Å². The van der Waals surface area contributed by atoms with Gasteiger partial charge in [0.05, 0.1) is 6.20 Å². The summed E-state index contributed by atoms with van der Waals surface area (Å²) >= 11 is 5.91. The Bertz CT molecular complexity index is 299. The van der Waals surface area contributed by atoms with Gasteiger partial charge in [0.25, 0.3) is 0 Å². The Morgan fingerprint density at radius 3 is 3.00 bits per heavy atom. The molecule has 1 atom stereocenters. The third-order valence-corrected chi connectivity index (χ3v) is 2.64. The van der Waals surface area contributed by atoms with E-state index >= 15 is 0 Å². The third kappa shape index (κ3) is 2.10. The average Bonchev–Trinajstić information content (AvgIpc) is 2.91. The Morgan fingerprint density at radius 1 is 1.62 bits per heavy atom. The van der Waals surface area contributed by atoms with E-state index in [9.17, 15) is 0 Å². The van der Waals surface area contributed by atoms with Crippen molar-refractivity contribution in [3.63, 3.8) is 0 Å². The number of hydrogen-bond donors (Lipinski definition) is 1. The molecule has 0 saturated heterocycles. The smallest absolute Gasteiger partial charge is 0.148 e. The molecule has 0 aliphatic heterocycles. The molecule has 0 aromatic carbocycles. The molecule has 1 unspecified atom stereocenters. The molecule has 13 heavy (non-hydrogen) atoms. The highest BCUT2D eigenvalue weighted by Crippen LogP contribution is 2.34. The number of aromatic nitrogens is 2. The number of halogens is 1. The summed E-state index contributed by atoms with van der Waals surface area (Å²) in [5.74, 6) is 1.54. The molecule has 1 heterocycles. The zero-order chi connectivity index (χ0) is 9.26. The summed E-state index contributed by atoms with van der Waals surface area (Å²) in [6, 6.07) is 0.465. The second-order valence-corrected chi connectivity index (χ2v) is 3.90. The molecule has 1 saturated carbocycles. The molecule has 2 rings (SSSR count). The molecular weight excluding hydrogens is 186 g/mol. The SMILES string of the molecule is CC(Nc1ncncc1Cl)C1CC1. The van der Waals surface area contributed by atoms with E-state index in [0.29, 0.717) is 11.1 Å². The van der Waals surface area contributed by atoms with Crippen LogP contribution in [0.2, 0.25) is 5.02 Å². The monoisotopic (exact) mass is 197 g/mol. The minimum absolute atomic E-state index is 0.465. The molecule has 0 spiro atoms. The molecule has 0 bridgehead atoms. The second-order valence-electron chi connectivity index (χ2n) is 3.49. The summed E-state index contributed by atoms with van der Waals surface area (Å²) in [5, 5.41) is 3.88. The lowest BCUT2D eigenvalue weighted by molar-refractivity contribution is 0.690. The molecule has 1 aromatic rings. The van der Waals surface area contributed by atoms with Gasteiger partial charge in [-0.15, -0.1) is 0 Å². The van der Waals surface area contributed by atoms with Crippen LogP contribution >= 0.6 is 11.6 Å². The van der Waals surface area contributed by atoms with Crippen molar-refractivity contribution in [2.45, 2.75) is 25.8 Å². The van der Waals surface area contributed by atoms with Crippen molar-refractivity contribution >= 4 is 17.4 Å². The first-order chi connectivity index (χ1) is 6.27. The third-order valence-electron chi connectivity index (χ3n) is 2.36. The van der Waals surface area contributed by atoms with E-state index in [0.717, 1.165) is 11.7 Å². The summed E-state index contributed by atoms with van der Waals surface area (Å²) in [6.07, 6.45) is 5.75. The van der Waals surface area contributed by atoms with E-state index in [2.05, 4.69) is 22.2 Å². The van der Waals surface area contributed by atoms with Gasteiger partial charge in [-0.3, -0.25) is 0 Å². The van der Waals surface area contributed by atoms with Crippen LogP contribution in [0.5, 0.6) is 0 Å². The number of hydrogen-bond acceptors (Lipinski definition) is 3. The van der Waals surface area contributed by atoms with Gasteiger partial charge in [0.2, 0.25) is 0 Å². The van der Waals surface area contributed by atoms with Gasteiger partial charge in [0, 0.05) is 6.04 Å². The Morgan fingerprint density at radius 2 is 2.38 bits per heavy atom. The van der Waals surface area contributed by atoms with Gasteiger partial charge in [0.15, 0.2) is 0 Å². The van der Waals surface area contributed by atoms with Crippen LogP contribution in [0.25, 0.3) is 0 Å². The van der Waals surface area contributed by atoms with Crippen molar-refractivity contribution in [2.75, 3.05) is 5.32 Å². The lowest BCUT2D eigenvalue weighted by Gasteiger charge is -2.13. The second kappa shape index (κ2) is 3.50. The molecule has 1 aliphatic rings. The quantitative estimate of drug-likeness (QED) is 0.809. The summed E-state index contributed by atoms with van der Waals surface area (Å²) in [4.78, 5) is 7.90. The lowest BCUT2D eigenvalue weighted by atomic mass is 10.2. The zero-order valence-electron chi connectivity index (χ0n) is 7.50. The number of anilines is 1. The lowest BCUT2D eigenvalue weighted by Crippen LogP contribution is -2.18. The van der Waals surface area contributed by atoms with Crippen LogP contribution in [0.15, 0.2) is 12.5 Å². The normalized spacial score (nSPS) is 18.3. The summed E-state index contributed by atoms with van der Waals surface area (Å²) in [6.45, 7) is 2.16. The maximum atomic E-state index is 5.91. The van der Waals surface area contributed by atoms with Crippen molar-refractivity contribution < 1.29 is 0 Å². The summed E-state index contributed by atoms with van der Waals surface area (Å²) in [7, 11) is 0. The van der Waals surface area contributed by atoms with Crippen LogP contribution in [-0.2, 0) is 0 Å². The molecule has 1 aromatic heterocycles. The molecule has 0 radical (unpaired) electrons. The van der Waals surface area contributed by atoms with Gasteiger partial charge in [-0.1, -0.05) is 11.6 Å². The fourth-order valence-electron chi connectivity index (χ4n) is 1.35. The Labute approximate surface area is 82.5 Å². The van der Waals surface area contributed by atoms with E-state index in [-0.39, 0.29) is 0 Å². The van der Waals surface area contributed by atoms with Crippen molar-refractivity contribution in [3.8, 4) is 0 Å². The first kappa shape index (κ1) is 8.75. The maximum Gasteiger partial charge on any atom is 0.148 e. The highest BCUT2D eigenvalue weighted by atomic mass is 35.5. The minimum atomic E-state index is 0.465. The van der Waals surface area contributed by atoms with Crippen molar-refractivity contribution in [3.05, 3.63) is 17.5 Å². The molecule has 1 fully saturated rings. The van der Waals surface area contributed by atoms with Gasteiger partial charge in [-0.05, 0) is 25.7 Å².